The topological polar surface area (TPSA) is 104 Å². The number of nitrogens with two attached hydrogens (primary N) is 1. The second kappa shape index (κ2) is 11.2. The summed E-state index contributed by atoms with van der Waals surface area (Å²) < 4.78 is 96.6. The van der Waals surface area contributed by atoms with E-state index in [2.05, 4.69) is 20.9 Å². The summed E-state index contributed by atoms with van der Waals surface area (Å²) in [6.45, 7) is -4.02. The number of thiazole rings is 1. The number of hydrogen-bond acceptors (Lipinski definition) is 6. The molecule has 210 valence electrons. The van der Waals surface area contributed by atoms with Crippen molar-refractivity contribution in [1.29, 1.82) is 0 Å². The Balaban J connectivity index is 1.87. The number of ether oxygens (including phenoxy) is 1. The molecule has 0 aliphatic heterocycles. The summed E-state index contributed by atoms with van der Waals surface area (Å²) in [7, 11) is -4.33. The Morgan fingerprint density at radius 2 is 2.08 bits per heavy atom. The van der Waals surface area contributed by atoms with E-state index in [1.165, 1.54) is 6.07 Å². The average Bonchev–Trinajstić information content (AvgIpc) is 3.53. The lowest BCUT2D eigenvalue weighted by molar-refractivity contribution is 0.0519. The van der Waals surface area contributed by atoms with Crippen LogP contribution < -0.4 is 5.14 Å². The van der Waals surface area contributed by atoms with Gasteiger partial charge in [0, 0.05) is 35.4 Å². The van der Waals surface area contributed by atoms with Crippen molar-refractivity contribution in [3.05, 3.63) is 80.1 Å². The molecule has 0 bridgehead atoms. The molecule has 1 saturated carbocycles. The van der Waals surface area contributed by atoms with Crippen LogP contribution in [0.1, 0.15) is 60.2 Å². The predicted octanol–water partition coefficient (Wildman–Crippen LogP) is 6.62. The minimum atomic E-state index is -4.33. The number of nitrogens with zero attached hydrogens (tertiary/aromatic N) is 2. The molecule has 2 heterocycles. The molecule has 0 radical (unpaired) electrons. The number of rotatable bonds is 9. The fraction of sp³-hybridized carbons (Fsp3) is 0.310. The highest BCUT2D eigenvalue weighted by atomic mass is 79.9. The van der Waals surface area contributed by atoms with E-state index in [4.69, 9.17) is 18.1 Å². The standard InChI is InChI=1S/C29H29BrFN3O4S2/c1-4-38-29(35)26-17(3)39-28(33-26)25-16(2)27(20-6-5-7-21(30)14-20)34(23(25)13-18-8-9-18)15-19-10-11-24(22(31)12-19)40(32,36)37/h5-7,10-12,14,18H,4,8-9,13,15H2,1-3H3,(H2,32,36,37)/i2D3,3D3. The van der Waals surface area contributed by atoms with Gasteiger partial charge < -0.3 is 9.30 Å². The van der Waals surface area contributed by atoms with Gasteiger partial charge in [0.25, 0.3) is 0 Å². The molecule has 0 atom stereocenters. The molecule has 4 aromatic rings. The molecule has 7 nitrogen and oxygen atoms in total. The van der Waals surface area contributed by atoms with Gasteiger partial charge in [-0.25, -0.2) is 27.7 Å². The van der Waals surface area contributed by atoms with E-state index in [-0.39, 0.29) is 45.8 Å². The number of esters is 1. The Hall–Kier alpha value is -2.86. The van der Waals surface area contributed by atoms with Crippen molar-refractivity contribution in [2.75, 3.05) is 6.61 Å². The maximum Gasteiger partial charge on any atom is 0.358 e. The molecule has 5 rings (SSSR count). The van der Waals surface area contributed by atoms with Crippen LogP contribution in [0.25, 0.3) is 21.8 Å². The van der Waals surface area contributed by atoms with E-state index in [1.54, 1.807) is 35.8 Å². The van der Waals surface area contributed by atoms with Crippen molar-refractivity contribution >= 4 is 43.3 Å². The van der Waals surface area contributed by atoms with Crippen LogP contribution in [0.15, 0.2) is 51.8 Å². The van der Waals surface area contributed by atoms with Gasteiger partial charge in [0.15, 0.2) is 5.69 Å². The molecule has 40 heavy (non-hydrogen) atoms. The van der Waals surface area contributed by atoms with Gasteiger partial charge in [0.2, 0.25) is 10.0 Å². The van der Waals surface area contributed by atoms with Crippen LogP contribution in [0.3, 0.4) is 0 Å². The normalized spacial score (nSPS) is 16.4. The van der Waals surface area contributed by atoms with E-state index in [1.807, 2.05) is 0 Å². The maximum atomic E-state index is 15.0. The van der Waals surface area contributed by atoms with Gasteiger partial charge in [-0.1, -0.05) is 34.1 Å². The molecule has 0 spiro atoms. The Bertz CT molecular complexity index is 1940. The predicted molar refractivity (Wildman–Crippen MR) is 157 cm³/mol. The zero-order valence-electron chi connectivity index (χ0n) is 27.3. The van der Waals surface area contributed by atoms with Crippen molar-refractivity contribution in [1.82, 2.24) is 9.55 Å². The summed E-state index contributed by atoms with van der Waals surface area (Å²) in [5.74, 6) is -1.80. The molecule has 2 aromatic heterocycles. The number of sulfonamides is 1. The molecular weight excluding hydrogens is 617 g/mol. The molecule has 2 N–H and O–H groups in total. The summed E-state index contributed by atoms with van der Waals surface area (Å²) in [6, 6.07) is 10.5. The van der Waals surface area contributed by atoms with Crippen molar-refractivity contribution in [2.24, 2.45) is 11.1 Å². The van der Waals surface area contributed by atoms with Crippen molar-refractivity contribution in [2.45, 2.75) is 51.3 Å². The number of hydrogen-bond donors (Lipinski definition) is 1. The maximum absolute atomic E-state index is 15.0. The van der Waals surface area contributed by atoms with E-state index in [0.717, 1.165) is 25.0 Å². The number of carbonyl (C=O) groups excluding carboxylic acids is 1. The summed E-state index contributed by atoms with van der Waals surface area (Å²) >= 11 is 4.17. The molecular formula is C29H29BrFN3O4S2. The van der Waals surface area contributed by atoms with Gasteiger partial charge in [-0.2, -0.15) is 0 Å². The van der Waals surface area contributed by atoms with E-state index in [9.17, 15) is 13.2 Å². The first-order valence-corrected chi connectivity index (χ1v) is 15.6. The lowest BCUT2D eigenvalue weighted by Gasteiger charge is -2.16. The molecule has 2 aromatic carbocycles. The number of benzene rings is 2. The zero-order chi connectivity index (χ0) is 33.8. The number of aryl methyl sites for hydroxylation is 1. The molecule has 1 aliphatic carbocycles. The first kappa shape index (κ1) is 21.8. The fourth-order valence-electron chi connectivity index (χ4n) is 4.64. The van der Waals surface area contributed by atoms with Gasteiger partial charge in [-0.3, -0.25) is 0 Å². The van der Waals surface area contributed by atoms with Crippen LogP contribution in [0, 0.1) is 25.4 Å². The minimum Gasteiger partial charge on any atom is -0.461 e. The van der Waals surface area contributed by atoms with Gasteiger partial charge in [-0.15, -0.1) is 11.3 Å². The lowest BCUT2D eigenvalue weighted by Crippen LogP contribution is -2.14. The van der Waals surface area contributed by atoms with Crippen LogP contribution >= 0.6 is 27.3 Å². The zero-order valence-corrected chi connectivity index (χ0v) is 24.6. The highest BCUT2D eigenvalue weighted by Gasteiger charge is 2.31. The van der Waals surface area contributed by atoms with Gasteiger partial charge in [-0.05, 0) is 86.8 Å². The minimum absolute atomic E-state index is 0.0240. The third-order valence-electron chi connectivity index (χ3n) is 6.60. The molecule has 0 amide bonds. The van der Waals surface area contributed by atoms with Crippen molar-refractivity contribution in [3.8, 4) is 21.8 Å². The van der Waals surface area contributed by atoms with Crippen LogP contribution in [0.2, 0.25) is 0 Å². The summed E-state index contributed by atoms with van der Waals surface area (Å²) in [6.07, 6.45) is 2.15. The highest BCUT2D eigenvalue weighted by Crippen LogP contribution is 2.44. The molecule has 1 aliphatic rings. The van der Waals surface area contributed by atoms with Crippen molar-refractivity contribution in [3.63, 3.8) is 0 Å². The Morgan fingerprint density at radius 1 is 1.27 bits per heavy atom. The first-order chi connectivity index (χ1) is 21.4. The van der Waals surface area contributed by atoms with Crippen LogP contribution in [-0.2, 0) is 27.7 Å². The number of primary sulfonamides is 1. The molecule has 11 heteroatoms. The summed E-state index contributed by atoms with van der Waals surface area (Å²) in [5, 5.41) is 5.19. The lowest BCUT2D eigenvalue weighted by atomic mass is 10.0. The largest absolute Gasteiger partial charge is 0.461 e. The SMILES string of the molecule is [2H]C([2H])([2H])c1sc(-c2c(C([2H])([2H])[2H])c(-c3cccc(Br)c3)n(Cc3ccc(S(N)(=O)=O)c(F)c3)c2CC2CC2)nc1C(=O)OCC. The van der Waals surface area contributed by atoms with Gasteiger partial charge in [0.1, 0.15) is 15.7 Å². The van der Waals surface area contributed by atoms with Crippen LogP contribution in [-0.4, -0.2) is 30.5 Å². The number of aromatic nitrogens is 2. The van der Waals surface area contributed by atoms with Crippen LogP contribution in [0.4, 0.5) is 4.39 Å². The van der Waals surface area contributed by atoms with E-state index in [0.29, 0.717) is 39.1 Å². The number of carbonyl (C=O) groups is 1. The second-order valence-corrected chi connectivity index (χ2v) is 13.0. The third kappa shape index (κ3) is 5.79. The first-order valence-electron chi connectivity index (χ1n) is 15.4. The fourth-order valence-corrected chi connectivity index (χ4v) is 6.50. The quantitative estimate of drug-likeness (QED) is 0.205. The summed E-state index contributed by atoms with van der Waals surface area (Å²) in [5.41, 5.74) is 1.27. The van der Waals surface area contributed by atoms with Crippen LogP contribution in [0.5, 0.6) is 0 Å². The average molecular weight is 653 g/mol. The Labute approximate surface area is 253 Å². The smallest absolute Gasteiger partial charge is 0.358 e. The van der Waals surface area contributed by atoms with E-state index >= 15 is 4.39 Å². The number of halogens is 2. The third-order valence-corrected chi connectivity index (χ3v) is 8.93. The molecule has 0 saturated heterocycles. The molecule has 0 unspecified atom stereocenters. The second-order valence-electron chi connectivity index (χ2n) is 9.52. The van der Waals surface area contributed by atoms with Gasteiger partial charge >= 0.3 is 5.97 Å². The van der Waals surface area contributed by atoms with E-state index < -0.39 is 46.1 Å². The van der Waals surface area contributed by atoms with Crippen molar-refractivity contribution < 1.29 is 30.6 Å². The molecule has 1 fully saturated rings. The highest BCUT2D eigenvalue weighted by molar-refractivity contribution is 9.10. The summed E-state index contributed by atoms with van der Waals surface area (Å²) in [4.78, 5) is 16.3. The Morgan fingerprint density at radius 3 is 2.70 bits per heavy atom. The monoisotopic (exact) mass is 651 g/mol. The van der Waals surface area contributed by atoms with Gasteiger partial charge in [0.05, 0.1) is 12.3 Å². The Kier molecular flexibility index (Phi) is 6.11.